The monoisotopic (exact) mass is 384 g/mol. The van der Waals surface area contributed by atoms with Gasteiger partial charge < -0.3 is 9.64 Å². The van der Waals surface area contributed by atoms with E-state index in [-0.39, 0.29) is 28.4 Å². The standard InChI is InChI=1S/C16H17FN2O4S2/c17-10-4-1-2-5-11(10)19-12-8-25(21,22)9-14(12)24-16(19)18-15(20)13-6-3-7-23-13/h1-2,4-5,12-14H,3,6-9H2/t12-,13-,14-/m0/s1. The predicted molar refractivity (Wildman–Crippen MR) is 94.1 cm³/mol. The highest BCUT2D eigenvalue weighted by atomic mass is 32.2. The van der Waals surface area contributed by atoms with E-state index in [0.717, 1.165) is 6.42 Å². The van der Waals surface area contributed by atoms with Gasteiger partial charge in [-0.3, -0.25) is 4.79 Å². The van der Waals surface area contributed by atoms with Crippen molar-refractivity contribution in [3.8, 4) is 0 Å². The summed E-state index contributed by atoms with van der Waals surface area (Å²) in [5.74, 6) is -0.901. The third-order valence-corrected chi connectivity index (χ3v) is 7.80. The van der Waals surface area contributed by atoms with E-state index in [1.54, 1.807) is 23.1 Å². The molecule has 0 radical (unpaired) electrons. The molecule has 0 unspecified atom stereocenters. The van der Waals surface area contributed by atoms with Gasteiger partial charge in [0.05, 0.1) is 23.2 Å². The highest BCUT2D eigenvalue weighted by molar-refractivity contribution is 8.16. The number of thioether (sulfide) groups is 1. The number of halogens is 1. The third kappa shape index (κ3) is 3.20. The molecule has 3 heterocycles. The molecule has 3 saturated heterocycles. The molecular formula is C16H17FN2O4S2. The Bertz CT molecular complexity index is 836. The van der Waals surface area contributed by atoms with Crippen molar-refractivity contribution in [1.29, 1.82) is 0 Å². The molecule has 1 amide bonds. The van der Waals surface area contributed by atoms with Crippen molar-refractivity contribution in [2.75, 3.05) is 23.0 Å². The second-order valence-electron chi connectivity index (χ2n) is 6.36. The first-order valence-corrected chi connectivity index (χ1v) is 10.8. The zero-order valence-corrected chi connectivity index (χ0v) is 14.9. The van der Waals surface area contributed by atoms with E-state index >= 15 is 0 Å². The summed E-state index contributed by atoms with van der Waals surface area (Å²) in [6.45, 7) is 0.537. The van der Waals surface area contributed by atoms with E-state index in [2.05, 4.69) is 4.99 Å². The first-order chi connectivity index (χ1) is 11.9. The van der Waals surface area contributed by atoms with E-state index in [1.165, 1.54) is 17.8 Å². The van der Waals surface area contributed by atoms with Gasteiger partial charge in [-0.05, 0) is 25.0 Å². The molecule has 3 aliphatic heterocycles. The maximum absolute atomic E-state index is 14.3. The quantitative estimate of drug-likeness (QED) is 0.771. The van der Waals surface area contributed by atoms with Crippen LogP contribution in [-0.4, -0.2) is 55.0 Å². The molecule has 25 heavy (non-hydrogen) atoms. The summed E-state index contributed by atoms with van der Waals surface area (Å²) in [6.07, 6.45) is 0.885. The Hall–Kier alpha value is -1.45. The molecule has 1 aromatic rings. The summed E-state index contributed by atoms with van der Waals surface area (Å²) in [7, 11) is -3.18. The summed E-state index contributed by atoms with van der Waals surface area (Å²) in [5, 5.41) is 0.108. The lowest BCUT2D eigenvalue weighted by atomic mass is 10.2. The Morgan fingerprint density at radius 2 is 2.12 bits per heavy atom. The third-order valence-electron chi connectivity index (χ3n) is 4.59. The predicted octanol–water partition coefficient (Wildman–Crippen LogP) is 1.61. The second kappa shape index (κ2) is 6.37. The fraction of sp³-hybridized carbons (Fsp3) is 0.500. The fourth-order valence-corrected chi connectivity index (χ4v) is 7.34. The smallest absolute Gasteiger partial charge is 0.277 e. The van der Waals surface area contributed by atoms with Gasteiger partial charge in [0.2, 0.25) is 0 Å². The molecule has 0 aromatic heterocycles. The van der Waals surface area contributed by atoms with Gasteiger partial charge in [0.15, 0.2) is 15.0 Å². The minimum atomic E-state index is -3.18. The minimum Gasteiger partial charge on any atom is -0.368 e. The van der Waals surface area contributed by atoms with E-state index < -0.39 is 27.8 Å². The summed E-state index contributed by atoms with van der Waals surface area (Å²) in [4.78, 5) is 18.1. The molecule has 6 nitrogen and oxygen atoms in total. The van der Waals surface area contributed by atoms with Gasteiger partial charge in [0.1, 0.15) is 11.9 Å². The molecule has 0 spiro atoms. The van der Waals surface area contributed by atoms with Crippen LogP contribution < -0.4 is 4.90 Å². The lowest BCUT2D eigenvalue weighted by molar-refractivity contribution is -0.126. The van der Waals surface area contributed by atoms with Crippen LogP contribution in [0, 0.1) is 5.82 Å². The second-order valence-corrected chi connectivity index (χ2v) is 9.72. The summed E-state index contributed by atoms with van der Waals surface area (Å²) in [6, 6.07) is 5.73. The van der Waals surface area contributed by atoms with Crippen LogP contribution in [-0.2, 0) is 19.4 Å². The van der Waals surface area contributed by atoms with Crippen molar-refractivity contribution in [2.45, 2.75) is 30.2 Å². The molecule has 3 atom stereocenters. The van der Waals surface area contributed by atoms with Gasteiger partial charge in [0.25, 0.3) is 5.91 Å². The number of sulfone groups is 1. The summed E-state index contributed by atoms with van der Waals surface area (Å²) >= 11 is 1.24. The number of carbonyl (C=O) groups excluding carboxylic acids is 1. The summed E-state index contributed by atoms with van der Waals surface area (Å²) in [5.41, 5.74) is 0.249. The Morgan fingerprint density at radius 3 is 2.84 bits per heavy atom. The Labute approximate surface area is 149 Å². The van der Waals surface area contributed by atoms with Crippen LogP contribution in [0.25, 0.3) is 0 Å². The van der Waals surface area contributed by atoms with Crippen molar-refractivity contribution >= 4 is 38.4 Å². The van der Waals surface area contributed by atoms with Crippen molar-refractivity contribution in [3.63, 3.8) is 0 Å². The van der Waals surface area contributed by atoms with Crippen LogP contribution in [0.3, 0.4) is 0 Å². The van der Waals surface area contributed by atoms with E-state index in [9.17, 15) is 17.6 Å². The van der Waals surface area contributed by atoms with E-state index in [4.69, 9.17) is 4.74 Å². The first-order valence-electron chi connectivity index (χ1n) is 8.09. The highest BCUT2D eigenvalue weighted by Gasteiger charge is 2.50. The number of amidine groups is 1. The van der Waals surface area contributed by atoms with Crippen LogP contribution in [0.5, 0.6) is 0 Å². The summed E-state index contributed by atoms with van der Waals surface area (Å²) < 4.78 is 43.7. The van der Waals surface area contributed by atoms with Gasteiger partial charge in [-0.1, -0.05) is 23.9 Å². The average Bonchev–Trinajstić information content (AvgIpc) is 3.23. The first kappa shape index (κ1) is 17.0. The number of aliphatic imine (C=N–C) groups is 1. The van der Waals surface area contributed by atoms with Gasteiger partial charge in [-0.15, -0.1) is 0 Å². The molecule has 4 rings (SSSR count). The minimum absolute atomic E-state index is 0.0143. The number of para-hydroxylation sites is 1. The zero-order chi connectivity index (χ0) is 17.6. The number of amides is 1. The average molecular weight is 384 g/mol. The molecule has 134 valence electrons. The molecule has 9 heteroatoms. The number of hydrogen-bond donors (Lipinski definition) is 0. The van der Waals surface area contributed by atoms with Gasteiger partial charge in [0, 0.05) is 11.9 Å². The topological polar surface area (TPSA) is 76.0 Å². The Balaban J connectivity index is 1.71. The van der Waals surface area contributed by atoms with Gasteiger partial charge in [-0.25, -0.2) is 12.8 Å². The van der Waals surface area contributed by atoms with Crippen molar-refractivity contribution < 1.29 is 22.3 Å². The molecule has 3 aliphatic rings. The Morgan fingerprint density at radius 1 is 1.32 bits per heavy atom. The molecular weight excluding hydrogens is 367 g/mol. The number of hydrogen-bond acceptors (Lipinski definition) is 5. The largest absolute Gasteiger partial charge is 0.368 e. The number of fused-ring (bicyclic) bond motifs is 1. The normalized spacial score (nSPS) is 32.3. The van der Waals surface area contributed by atoms with Crippen LogP contribution >= 0.6 is 11.8 Å². The van der Waals surface area contributed by atoms with Crippen LogP contribution in [0.1, 0.15) is 12.8 Å². The maximum atomic E-state index is 14.3. The van der Waals surface area contributed by atoms with Crippen molar-refractivity contribution in [3.05, 3.63) is 30.1 Å². The van der Waals surface area contributed by atoms with Crippen LogP contribution in [0.15, 0.2) is 29.3 Å². The molecule has 3 fully saturated rings. The number of rotatable bonds is 2. The molecule has 0 aliphatic carbocycles. The lowest BCUT2D eigenvalue weighted by Gasteiger charge is -2.25. The fourth-order valence-electron chi connectivity index (χ4n) is 3.43. The number of benzene rings is 1. The van der Waals surface area contributed by atoms with Crippen LogP contribution in [0.2, 0.25) is 0 Å². The van der Waals surface area contributed by atoms with Gasteiger partial charge in [-0.2, -0.15) is 4.99 Å². The maximum Gasteiger partial charge on any atom is 0.277 e. The lowest BCUT2D eigenvalue weighted by Crippen LogP contribution is -2.38. The SMILES string of the molecule is O=C(N=C1S[C@H]2CS(=O)(=O)C[C@@H]2N1c1ccccc1F)[C@@H]1CCCO1. The molecule has 0 saturated carbocycles. The van der Waals surface area contributed by atoms with Crippen LogP contribution in [0.4, 0.5) is 10.1 Å². The molecule has 1 aromatic carbocycles. The van der Waals surface area contributed by atoms with Gasteiger partial charge >= 0.3 is 0 Å². The molecule has 0 bridgehead atoms. The number of carbonyl (C=O) groups is 1. The number of anilines is 1. The number of nitrogens with zero attached hydrogens (tertiary/aromatic N) is 2. The zero-order valence-electron chi connectivity index (χ0n) is 13.3. The van der Waals surface area contributed by atoms with E-state index in [1.807, 2.05) is 0 Å². The van der Waals surface area contributed by atoms with Crippen molar-refractivity contribution in [2.24, 2.45) is 4.99 Å². The highest BCUT2D eigenvalue weighted by Crippen LogP contribution is 2.41. The van der Waals surface area contributed by atoms with Crippen molar-refractivity contribution in [1.82, 2.24) is 0 Å². The number of ether oxygens (including phenoxy) is 1. The Kier molecular flexibility index (Phi) is 4.33. The molecule has 0 N–H and O–H groups in total. The van der Waals surface area contributed by atoms with E-state index in [0.29, 0.717) is 18.2 Å².